The van der Waals surface area contributed by atoms with E-state index in [0.29, 0.717) is 51.1 Å². The molecule has 0 saturated carbocycles. The lowest BCUT2D eigenvalue weighted by molar-refractivity contribution is -0.0882. The van der Waals surface area contributed by atoms with Crippen molar-refractivity contribution in [2.45, 2.75) is 12.6 Å². The summed E-state index contributed by atoms with van der Waals surface area (Å²) in [4.78, 5) is 9.97. The second-order valence-corrected chi connectivity index (χ2v) is 13.7. The molecular weight excluding hydrogens is 718 g/mol. The van der Waals surface area contributed by atoms with Gasteiger partial charge in [-0.1, -0.05) is 109 Å². The topological polar surface area (TPSA) is 89.3 Å². The van der Waals surface area contributed by atoms with Gasteiger partial charge in [0.05, 0.1) is 39.9 Å². The van der Waals surface area contributed by atoms with Crippen LogP contribution in [0.2, 0.25) is 0 Å². The molecule has 1 aromatic heterocycles. The highest BCUT2D eigenvalue weighted by molar-refractivity contribution is 6.16. The lowest BCUT2D eigenvalue weighted by Gasteiger charge is -2.19. The van der Waals surface area contributed by atoms with Crippen molar-refractivity contribution in [1.29, 1.82) is 10.5 Å². The van der Waals surface area contributed by atoms with Crippen LogP contribution in [-0.4, -0.2) is 22.4 Å². The van der Waals surface area contributed by atoms with Crippen molar-refractivity contribution < 1.29 is 13.2 Å². The Morgan fingerprint density at radius 1 is 0.614 bits per heavy atom. The Kier molecular flexibility index (Phi) is 8.68. The summed E-state index contributed by atoms with van der Waals surface area (Å²) in [6.07, 6.45) is -0.354. The summed E-state index contributed by atoms with van der Waals surface area (Å²) in [7, 11) is 0. The van der Waals surface area contributed by atoms with Crippen LogP contribution in [0.25, 0.3) is 50.0 Å². The van der Waals surface area contributed by atoms with E-state index in [1.54, 1.807) is 18.2 Å². The van der Waals surface area contributed by atoms with Crippen LogP contribution in [0.4, 0.5) is 13.2 Å². The molecule has 2 aliphatic rings. The van der Waals surface area contributed by atoms with Crippen LogP contribution >= 0.6 is 0 Å². The third-order valence-electron chi connectivity index (χ3n) is 10.1. The van der Waals surface area contributed by atoms with E-state index in [2.05, 4.69) is 28.1 Å². The summed E-state index contributed by atoms with van der Waals surface area (Å²) in [6, 6.07) is 48.5. The minimum absolute atomic E-state index is 0.291. The van der Waals surface area contributed by atoms with Crippen LogP contribution in [0.1, 0.15) is 28.7 Å². The molecule has 6 aromatic carbocycles. The van der Waals surface area contributed by atoms with Gasteiger partial charge in [-0.25, -0.2) is 9.98 Å². The van der Waals surface area contributed by atoms with Gasteiger partial charge in [-0.2, -0.15) is 23.7 Å². The zero-order valence-electron chi connectivity index (χ0n) is 30.1. The molecule has 7 aromatic rings. The smallest absolute Gasteiger partial charge is 0.324 e. The van der Waals surface area contributed by atoms with Crippen molar-refractivity contribution in [3.63, 3.8) is 0 Å². The average Bonchev–Trinajstić information content (AvgIpc) is 3.60. The zero-order valence-corrected chi connectivity index (χ0v) is 30.1. The summed E-state index contributed by atoms with van der Waals surface area (Å²) < 4.78 is 44.5. The van der Waals surface area contributed by atoms with Gasteiger partial charge in [0.25, 0.3) is 0 Å². The Morgan fingerprint density at radius 3 is 2.02 bits per heavy atom. The maximum Gasteiger partial charge on any atom is 0.416 e. The van der Waals surface area contributed by atoms with Crippen LogP contribution in [-0.2, 0) is 0 Å². The molecule has 0 radical (unpaired) electrons. The van der Waals surface area contributed by atoms with Gasteiger partial charge in [0.1, 0.15) is 11.7 Å². The largest absolute Gasteiger partial charge is 0.416 e. The fourth-order valence-corrected chi connectivity index (χ4v) is 7.45. The normalized spacial score (nSPS) is 16.0. The first kappa shape index (κ1) is 35.0. The van der Waals surface area contributed by atoms with Gasteiger partial charge >= 0.3 is 6.18 Å². The number of hydrogen-bond donors (Lipinski definition) is 1. The molecule has 0 unspecified atom stereocenters. The van der Waals surface area contributed by atoms with Crippen LogP contribution in [0.15, 0.2) is 173 Å². The molecule has 1 aliphatic heterocycles. The number of allylic oxidation sites excluding steroid dienone is 4. The van der Waals surface area contributed by atoms with Gasteiger partial charge in [-0.3, -0.25) is 0 Å². The van der Waals surface area contributed by atoms with Crippen molar-refractivity contribution in [1.82, 2.24) is 9.88 Å². The van der Waals surface area contributed by atoms with Gasteiger partial charge in [-0.05, 0) is 76.9 Å². The van der Waals surface area contributed by atoms with Gasteiger partial charge in [-0.15, -0.1) is 0 Å². The SMILES string of the molecule is N#Cc1cc(C#N)cc(-c2ccc3c4ccccc4n(-c4ccc(=C5C=C(C(F)(F)F)C=CC5)c(=C5N=C(c6ccccc6)N=C(c6ccccc6)N5)c4)c3c2)c1. The molecule has 2 heterocycles. The van der Waals surface area contributed by atoms with Crippen LogP contribution < -0.4 is 15.8 Å². The van der Waals surface area contributed by atoms with Crippen LogP contribution in [0.3, 0.4) is 0 Å². The molecule has 57 heavy (non-hydrogen) atoms. The number of aliphatic imine (C=N–C) groups is 2. The number of amidine groups is 2. The van der Waals surface area contributed by atoms with E-state index in [1.165, 1.54) is 12.2 Å². The van der Waals surface area contributed by atoms with Crippen molar-refractivity contribution in [3.05, 3.63) is 196 Å². The van der Waals surface area contributed by atoms with Crippen molar-refractivity contribution in [2.24, 2.45) is 9.98 Å². The number of nitrogens with one attached hydrogen (secondary N) is 1. The van der Waals surface area contributed by atoms with E-state index >= 15 is 0 Å². The van der Waals surface area contributed by atoms with Crippen LogP contribution in [0, 0.1) is 22.7 Å². The van der Waals surface area contributed by atoms with E-state index in [0.717, 1.165) is 55.8 Å². The monoisotopic (exact) mass is 746 g/mol. The third kappa shape index (κ3) is 6.58. The summed E-state index contributed by atoms with van der Waals surface area (Å²) in [6.45, 7) is 0. The number of nitrogens with zero attached hydrogens (tertiary/aromatic N) is 5. The molecule has 272 valence electrons. The Bertz CT molecular complexity index is 3090. The van der Waals surface area contributed by atoms with Crippen molar-refractivity contribution >= 4 is 44.9 Å². The molecule has 9 heteroatoms. The summed E-state index contributed by atoms with van der Waals surface area (Å²) in [5.41, 5.74) is 6.21. The predicted molar refractivity (Wildman–Crippen MR) is 219 cm³/mol. The molecule has 0 atom stereocenters. The third-order valence-corrected chi connectivity index (χ3v) is 10.1. The lowest BCUT2D eigenvalue weighted by atomic mass is 9.98. The van der Waals surface area contributed by atoms with Gasteiger partial charge in [0.2, 0.25) is 0 Å². The number of hydrogen-bond acceptors (Lipinski definition) is 5. The van der Waals surface area contributed by atoms with Crippen molar-refractivity contribution in [2.75, 3.05) is 0 Å². The second-order valence-electron chi connectivity index (χ2n) is 13.7. The number of alkyl halides is 3. The quantitative estimate of drug-likeness (QED) is 0.195. The van der Waals surface area contributed by atoms with E-state index in [9.17, 15) is 23.7 Å². The molecule has 1 aliphatic carbocycles. The Balaban J connectivity index is 1.35. The predicted octanol–water partition coefficient (Wildman–Crippen LogP) is 9.36. The lowest BCUT2D eigenvalue weighted by Crippen LogP contribution is -2.38. The number of nitriles is 2. The highest BCUT2D eigenvalue weighted by Crippen LogP contribution is 2.35. The molecule has 0 bridgehead atoms. The molecule has 0 saturated heterocycles. The molecule has 0 amide bonds. The Morgan fingerprint density at radius 2 is 1.30 bits per heavy atom. The van der Waals surface area contributed by atoms with E-state index in [4.69, 9.17) is 9.98 Å². The minimum Gasteiger partial charge on any atom is -0.324 e. The minimum atomic E-state index is -4.52. The van der Waals surface area contributed by atoms with Gasteiger partial charge in [0.15, 0.2) is 5.84 Å². The maximum absolute atomic E-state index is 14.1. The highest BCUT2D eigenvalue weighted by atomic mass is 19.4. The van der Waals surface area contributed by atoms with Crippen LogP contribution in [0.5, 0.6) is 0 Å². The second kappa shape index (κ2) is 14.2. The molecule has 6 nitrogen and oxygen atoms in total. The van der Waals surface area contributed by atoms with Gasteiger partial charge < -0.3 is 9.88 Å². The molecule has 0 spiro atoms. The number of rotatable bonds is 4. The van der Waals surface area contributed by atoms with Gasteiger partial charge in [0, 0.05) is 32.8 Å². The number of para-hydroxylation sites is 1. The first-order chi connectivity index (χ1) is 27.8. The fraction of sp³-hybridized carbons (Fsp3) is 0.0417. The highest BCUT2D eigenvalue weighted by Gasteiger charge is 2.33. The van der Waals surface area contributed by atoms with E-state index in [1.807, 2.05) is 115 Å². The fourth-order valence-electron chi connectivity index (χ4n) is 7.45. The number of fused-ring (bicyclic) bond motifs is 3. The Hall–Kier alpha value is -7.75. The number of benzene rings is 6. The number of aromatic nitrogens is 1. The maximum atomic E-state index is 14.1. The summed E-state index contributed by atoms with van der Waals surface area (Å²) >= 11 is 0. The summed E-state index contributed by atoms with van der Waals surface area (Å²) in [5, 5.41) is 26.0. The first-order valence-electron chi connectivity index (χ1n) is 18.1. The first-order valence-corrected chi connectivity index (χ1v) is 18.1. The van der Waals surface area contributed by atoms with E-state index < -0.39 is 11.7 Å². The Labute approximate surface area is 325 Å². The van der Waals surface area contributed by atoms with E-state index in [-0.39, 0.29) is 0 Å². The molecule has 0 fully saturated rings. The summed E-state index contributed by atoms with van der Waals surface area (Å²) in [5.74, 6) is 1.44. The molecular formula is C48H29F3N6. The zero-order chi connectivity index (χ0) is 39.1. The number of halogens is 3. The van der Waals surface area contributed by atoms with Crippen molar-refractivity contribution in [3.8, 4) is 29.0 Å². The average molecular weight is 747 g/mol. The standard InChI is InChI=1S/C48H29F3N6/c49-48(50,51)37-15-9-14-35(25-37)39-21-19-38(27-42(39)47-55-45(32-10-3-1-4-11-32)54-46(56-47)33-12-5-2-6-13-33)57-43-17-8-7-16-40(43)41-20-18-34(26-44(41)57)36-23-30(28-52)22-31(24-36)29-53/h1-13,15-27H,14H2,(H,54,55,56). The molecule has 1 N–H and O–H groups in total. The molecule has 9 rings (SSSR count).